The molecule has 2 aliphatic heterocycles. The van der Waals surface area contributed by atoms with Crippen LogP contribution in [0.5, 0.6) is 0 Å². The van der Waals surface area contributed by atoms with Gasteiger partial charge in [0.15, 0.2) is 0 Å². The number of carbonyl (C=O) groups excluding carboxylic acids is 4. The summed E-state index contributed by atoms with van der Waals surface area (Å²) in [7, 11) is 0. The SMILES string of the molecule is Brc1ccc(Br)s1.C.CCCCCCCCCCCCc1cc(-c2cc(CCCCCCCCCCCC)[c]([Sn]([CH3])([CH3])[CH3])s2)sc1C.CCCCCCCCCCCCc1cc(-c2cc(CCCCCCCCCCCC)c(-c3sc(Br)c4c3C(=O)N(CCCCCCCC)C4=O)s2)sc1-c1ccc(Br)s1.CCCCCCCCN1C(=O)c2c(Br)sc(Br)c2C1=O.Clc1ccccc1. The number of imide groups is 2. The Morgan fingerprint density at radius 1 is 0.278 bits per heavy atom. The van der Waals surface area contributed by atoms with Crippen LogP contribution in [0, 0.1) is 6.92 Å². The summed E-state index contributed by atoms with van der Waals surface area (Å²) < 4.78 is 7.61. The van der Waals surface area contributed by atoms with Crippen LogP contribution < -0.4 is 2.89 Å². The first-order chi connectivity index (χ1) is 64.0. The van der Waals surface area contributed by atoms with Gasteiger partial charge in [0.25, 0.3) is 23.6 Å². The molecule has 2 aliphatic rings. The van der Waals surface area contributed by atoms with Gasteiger partial charge in [-0.05, 0) is 194 Å². The van der Waals surface area contributed by atoms with Crippen molar-refractivity contribution in [2.45, 2.75) is 430 Å². The molecule has 0 aliphatic carbocycles. The Labute approximate surface area is 899 Å². The van der Waals surface area contributed by atoms with Crippen LogP contribution in [0.3, 0.4) is 0 Å². The Morgan fingerprint density at radius 2 is 0.564 bits per heavy atom. The van der Waals surface area contributed by atoms with Crippen molar-refractivity contribution in [1.82, 2.24) is 9.80 Å². The molecule has 6 nitrogen and oxygen atoms in total. The average Bonchev–Trinajstić information content (AvgIpc) is 1.58. The van der Waals surface area contributed by atoms with Gasteiger partial charge in [0.2, 0.25) is 0 Å². The number of nitrogens with zero attached hydrogens (tertiary/aromatic N) is 2. The normalized spacial score (nSPS) is 12.3. The molecule has 0 spiro atoms. The number of rotatable bonds is 63. The molecule has 8 aromatic heterocycles. The van der Waals surface area contributed by atoms with E-state index in [1.54, 1.807) is 48.4 Å². The summed E-state index contributed by atoms with van der Waals surface area (Å²) in [6.45, 7) is 17.0. The summed E-state index contributed by atoms with van der Waals surface area (Å²) in [5.41, 5.74) is 8.42. The summed E-state index contributed by atoms with van der Waals surface area (Å²) in [4.78, 5) is 75.5. The minimum absolute atomic E-state index is 0. The second kappa shape index (κ2) is 70.7. The Hall–Kier alpha value is -0.931. The van der Waals surface area contributed by atoms with Crippen molar-refractivity contribution in [3.63, 3.8) is 0 Å². The van der Waals surface area contributed by atoms with Gasteiger partial charge >= 0.3 is 206 Å². The van der Waals surface area contributed by atoms with Crippen LogP contribution in [0.4, 0.5) is 0 Å². The number of unbranched alkanes of at least 4 members (excludes halogenated alkanes) is 46. The summed E-state index contributed by atoms with van der Waals surface area (Å²) in [6, 6.07) is 28.0. The summed E-state index contributed by atoms with van der Waals surface area (Å²) >= 11 is 38.8. The number of fused-ring (bicyclic) bond motifs is 2. The van der Waals surface area contributed by atoms with E-state index < -0.39 is 18.4 Å². The molecule has 0 N–H and O–H groups in total. The molecule has 0 saturated carbocycles. The van der Waals surface area contributed by atoms with Crippen molar-refractivity contribution in [3.8, 4) is 39.0 Å². The number of carbonyl (C=O) groups is 4. The van der Waals surface area contributed by atoms with Crippen LogP contribution in [0.1, 0.15) is 451 Å². The van der Waals surface area contributed by atoms with Crippen LogP contribution in [0.25, 0.3) is 39.0 Å². The van der Waals surface area contributed by atoms with Gasteiger partial charge in [-0.15, -0.1) is 68.0 Å². The third-order valence-corrected chi connectivity index (χ3v) is 48.5. The number of hydrogen-bond acceptors (Lipinski definition) is 12. The smallest absolute Gasteiger partial charge is 0.263 e. The van der Waals surface area contributed by atoms with Gasteiger partial charge in [0.05, 0.1) is 49.8 Å². The predicted octanol–water partition coefficient (Wildman–Crippen LogP) is 44.1. The van der Waals surface area contributed by atoms with E-state index in [2.05, 4.69) is 218 Å². The first kappa shape index (κ1) is 121. The molecule has 11 rings (SSSR count). The van der Waals surface area contributed by atoms with Crippen LogP contribution in [-0.4, -0.2) is 64.9 Å². The molecule has 0 saturated heterocycles. The van der Waals surface area contributed by atoms with E-state index in [-0.39, 0.29) is 31.1 Å². The van der Waals surface area contributed by atoms with E-state index in [9.17, 15) is 19.2 Å². The van der Waals surface area contributed by atoms with Gasteiger partial charge in [-0.1, -0.05) is 297 Å². The van der Waals surface area contributed by atoms with Gasteiger partial charge in [-0.3, -0.25) is 29.0 Å². The first-order valence-corrected chi connectivity index (χ1v) is 73.0. The molecule has 22 heteroatoms. The van der Waals surface area contributed by atoms with Gasteiger partial charge in [-0.25, -0.2) is 0 Å². The maximum atomic E-state index is 14.2. The second-order valence-corrected chi connectivity index (χ2v) is 69.9. The molecule has 0 atom stereocenters. The molecule has 0 fully saturated rings. The van der Waals surface area contributed by atoms with Gasteiger partial charge < -0.3 is 0 Å². The quantitative estimate of drug-likeness (QED) is 0.0216. The fourth-order valence-corrected chi connectivity index (χ4v) is 38.4. The molecule has 133 heavy (non-hydrogen) atoms. The van der Waals surface area contributed by atoms with Crippen LogP contribution in [0.15, 0.2) is 102 Å². The van der Waals surface area contributed by atoms with E-state index >= 15 is 0 Å². The van der Waals surface area contributed by atoms with E-state index in [4.69, 9.17) is 11.6 Å². The van der Waals surface area contributed by atoms with Crippen molar-refractivity contribution >= 4 is 243 Å². The number of benzene rings is 1. The van der Waals surface area contributed by atoms with E-state index in [0.29, 0.717) is 35.3 Å². The third-order valence-electron chi connectivity index (χ3n) is 25.1. The summed E-state index contributed by atoms with van der Waals surface area (Å²) in [6.07, 6.45) is 73.5. The van der Waals surface area contributed by atoms with Gasteiger partial charge in [0.1, 0.15) is 0 Å². The minimum Gasteiger partial charge on any atom is -0.274 e. The Bertz CT molecular complexity index is 4640. The first-order valence-electron chi connectivity index (χ1n) is 51.4. The second-order valence-electron chi connectivity index (χ2n) is 37.4. The Balaban J connectivity index is 0.000000310. The minimum atomic E-state index is -2.11. The van der Waals surface area contributed by atoms with Gasteiger partial charge in [0, 0.05) is 42.5 Å². The molecule has 1 aromatic carbocycles. The maximum absolute atomic E-state index is 14.2. The summed E-state index contributed by atoms with van der Waals surface area (Å²) in [5, 5.41) is 0.794. The van der Waals surface area contributed by atoms with E-state index in [0.717, 1.165) is 72.6 Å². The zero-order valence-corrected chi connectivity index (χ0v) is 102. The Kier molecular flexibility index (Phi) is 64.2. The molecule has 4 amide bonds. The number of aryl methyl sites for hydroxylation is 5. The number of thiophene rings is 8. The predicted molar refractivity (Wildman–Crippen MR) is 622 cm³/mol. The van der Waals surface area contributed by atoms with Crippen molar-refractivity contribution in [2.24, 2.45) is 0 Å². The summed E-state index contributed by atoms with van der Waals surface area (Å²) in [5.74, 6) is -0.543. The van der Waals surface area contributed by atoms with Gasteiger partial charge in [-0.2, -0.15) is 0 Å². The van der Waals surface area contributed by atoms with Crippen molar-refractivity contribution in [3.05, 3.63) is 156 Å². The number of halogens is 7. The topological polar surface area (TPSA) is 74.8 Å². The number of amides is 4. The standard InChI is InChI=1S/C50H71Br2NO2S4.C33H55S2.C14H17Br2NO2S.C6H5Cl.C4H2Br2S.CH4.3CH3.Sn/c1-4-7-10-13-16-18-20-22-24-27-30-37-35-40(57-45(37)39-32-33-42(51)56-39)41-36-38(31-28-25-23-21-19-17-14-11-8-5-2)46(58-41)47-43-44(48(52)59-47)50(55)53(49(43)54)34-29-26-15-12-9-6-3;1-4-6-8-10-12-14-16-18-20-22-24-30-26-32(34-28-30)33-27-31(29(3)35-33)25-23-21-19-17-15-13-11-9-7-5-2;1-2-3-4-5-6-7-8-17-13(18)9-10(14(17)19)12(16)20-11(9)15;7-6-4-2-1-3-5-6;5-3-1-2-4(6)7-3;;;;;/h32-33,35-36H,4-31,34H2,1-3H3;26-27H,4-25H2,1-3H3;2-8H2,1H3;1-5H;1-2H;1H4;3*1H3;. The largest absolute Gasteiger partial charge is 0.274 e. The van der Waals surface area contributed by atoms with E-state index in [1.807, 2.05) is 79.4 Å². The molecule has 0 bridgehead atoms. The maximum Gasteiger partial charge on any atom is 0.263 e. The Morgan fingerprint density at radius 3 is 0.910 bits per heavy atom. The van der Waals surface area contributed by atoms with Crippen molar-refractivity contribution < 1.29 is 19.2 Å². The molecular weight excluding hydrogens is 2320 g/mol. The molecule has 10 heterocycles. The van der Waals surface area contributed by atoms with Crippen molar-refractivity contribution in [2.75, 3.05) is 13.1 Å². The molecule has 9 aromatic rings. The number of hydrogen-bond donors (Lipinski definition) is 0. The average molecular weight is 2480 g/mol. The molecule has 0 unspecified atom stereocenters. The van der Waals surface area contributed by atoms with Crippen LogP contribution in [-0.2, 0) is 25.7 Å². The molecule has 0 radical (unpaired) electrons. The fourth-order valence-electron chi connectivity index (χ4n) is 17.4. The zero-order valence-electron chi connectivity index (χ0n) is 82.0. The molecular formula is C111H163Br6ClN2O4S8Sn. The van der Waals surface area contributed by atoms with Crippen LogP contribution >= 0.6 is 198 Å². The fraction of sp³-hybridized carbons (Fsp3) is 0.622. The zero-order chi connectivity index (χ0) is 95.3. The van der Waals surface area contributed by atoms with Crippen molar-refractivity contribution in [1.29, 1.82) is 0 Å². The van der Waals surface area contributed by atoms with E-state index in [1.165, 1.54) is 376 Å². The monoisotopic (exact) mass is 2470 g/mol. The molecule has 742 valence electrons. The van der Waals surface area contributed by atoms with Crippen LogP contribution in [0.2, 0.25) is 19.8 Å². The third kappa shape index (κ3) is 43.9.